The van der Waals surface area contributed by atoms with Crippen molar-refractivity contribution in [2.45, 2.75) is 26.4 Å². The third kappa shape index (κ3) is 5.17. The van der Waals surface area contributed by atoms with Crippen molar-refractivity contribution in [3.63, 3.8) is 0 Å². The van der Waals surface area contributed by atoms with Crippen LogP contribution in [0.4, 0.5) is 4.79 Å². The number of amides is 2. The Hall–Kier alpha value is -3.35. The summed E-state index contributed by atoms with van der Waals surface area (Å²) in [6.07, 6.45) is -0.360. The van der Waals surface area contributed by atoms with Crippen molar-refractivity contribution in [2.75, 3.05) is 26.2 Å². The van der Waals surface area contributed by atoms with Crippen LogP contribution in [0.15, 0.2) is 48.5 Å². The first-order valence-corrected chi connectivity index (χ1v) is 9.85. The summed E-state index contributed by atoms with van der Waals surface area (Å²) in [6, 6.07) is 13.8. The highest BCUT2D eigenvalue weighted by molar-refractivity contribution is 5.96. The third-order valence-electron chi connectivity index (χ3n) is 4.79. The molecule has 0 unspecified atom stereocenters. The maximum absolute atomic E-state index is 12.9. The molecule has 1 saturated heterocycles. The van der Waals surface area contributed by atoms with E-state index in [0.29, 0.717) is 31.7 Å². The lowest BCUT2D eigenvalue weighted by Crippen LogP contribution is -2.51. The molecule has 0 atom stereocenters. The van der Waals surface area contributed by atoms with Crippen molar-refractivity contribution in [3.8, 4) is 11.1 Å². The fourth-order valence-electron chi connectivity index (χ4n) is 3.24. The van der Waals surface area contributed by atoms with Gasteiger partial charge < -0.3 is 19.6 Å². The number of carbonyl (C=O) groups excluding carboxylic acids is 2. The summed E-state index contributed by atoms with van der Waals surface area (Å²) in [5.41, 5.74) is 1.90. The Morgan fingerprint density at radius 3 is 2.00 bits per heavy atom. The highest BCUT2D eigenvalue weighted by atomic mass is 16.6. The van der Waals surface area contributed by atoms with Crippen LogP contribution >= 0.6 is 0 Å². The van der Waals surface area contributed by atoms with Crippen LogP contribution in [0.1, 0.15) is 41.5 Å². The zero-order valence-corrected chi connectivity index (χ0v) is 17.4. The molecular weight excluding hydrogens is 384 g/mol. The molecule has 0 bridgehead atoms. The monoisotopic (exact) mass is 410 g/mol. The van der Waals surface area contributed by atoms with Gasteiger partial charge >= 0.3 is 12.1 Å². The van der Waals surface area contributed by atoms with Crippen LogP contribution in [0.3, 0.4) is 0 Å². The van der Waals surface area contributed by atoms with Gasteiger partial charge in [-0.05, 0) is 56.2 Å². The van der Waals surface area contributed by atoms with Gasteiger partial charge in [-0.2, -0.15) is 0 Å². The highest BCUT2D eigenvalue weighted by Gasteiger charge is 2.28. The molecule has 30 heavy (non-hydrogen) atoms. The molecule has 0 spiro atoms. The summed E-state index contributed by atoms with van der Waals surface area (Å²) < 4.78 is 5.39. The molecule has 1 heterocycles. The molecule has 1 N–H and O–H groups in total. The lowest BCUT2D eigenvalue weighted by molar-refractivity contribution is 0.0141. The van der Waals surface area contributed by atoms with E-state index in [1.165, 1.54) is 0 Å². The Kier molecular flexibility index (Phi) is 6.10. The first-order valence-electron chi connectivity index (χ1n) is 9.85. The molecule has 3 rings (SSSR count). The summed E-state index contributed by atoms with van der Waals surface area (Å²) in [4.78, 5) is 39.5. The highest BCUT2D eigenvalue weighted by Crippen LogP contribution is 2.22. The fraction of sp³-hybridized carbons (Fsp3) is 0.348. The van der Waals surface area contributed by atoms with Crippen LogP contribution in [0.25, 0.3) is 11.1 Å². The van der Waals surface area contributed by atoms with E-state index in [-0.39, 0.29) is 17.6 Å². The average Bonchev–Trinajstić information content (AvgIpc) is 2.72. The van der Waals surface area contributed by atoms with Crippen molar-refractivity contribution in [3.05, 3.63) is 59.7 Å². The Labute approximate surface area is 175 Å². The third-order valence-corrected chi connectivity index (χ3v) is 4.79. The van der Waals surface area contributed by atoms with Crippen molar-refractivity contribution in [1.82, 2.24) is 9.80 Å². The zero-order valence-electron chi connectivity index (χ0n) is 17.4. The standard InChI is InChI=1S/C23H26N2O5/c1-23(2,3)30-22(29)25-13-11-24(12-14-25)20(26)19-6-4-5-18(15-19)16-7-9-17(10-8-16)21(27)28/h4-10,15H,11-14H2,1-3H3,(H,27,28). The van der Waals surface area contributed by atoms with Crippen LogP contribution in [-0.4, -0.2) is 64.7 Å². The van der Waals surface area contributed by atoms with E-state index in [4.69, 9.17) is 9.84 Å². The number of piperazine rings is 1. The molecule has 0 aliphatic carbocycles. The van der Waals surface area contributed by atoms with Gasteiger partial charge in [-0.15, -0.1) is 0 Å². The molecule has 1 aliphatic heterocycles. The molecule has 0 saturated carbocycles. The number of carbonyl (C=O) groups is 3. The predicted octanol–water partition coefficient (Wildman–Crippen LogP) is 3.74. The fourth-order valence-corrected chi connectivity index (χ4v) is 3.24. The van der Waals surface area contributed by atoms with Gasteiger partial charge in [-0.25, -0.2) is 9.59 Å². The molecule has 7 nitrogen and oxygen atoms in total. The van der Waals surface area contributed by atoms with Crippen LogP contribution < -0.4 is 0 Å². The number of carboxylic acid groups (broad SMARTS) is 1. The van der Waals surface area contributed by atoms with E-state index >= 15 is 0 Å². The van der Waals surface area contributed by atoms with Crippen LogP contribution in [-0.2, 0) is 4.74 Å². The molecule has 2 aromatic carbocycles. The van der Waals surface area contributed by atoms with Gasteiger partial charge in [0.05, 0.1) is 5.56 Å². The number of nitrogens with zero attached hydrogens (tertiary/aromatic N) is 2. The van der Waals surface area contributed by atoms with Crippen molar-refractivity contribution in [2.24, 2.45) is 0 Å². The van der Waals surface area contributed by atoms with Gasteiger partial charge in [-0.3, -0.25) is 4.79 Å². The Balaban J connectivity index is 1.66. The van der Waals surface area contributed by atoms with E-state index in [9.17, 15) is 14.4 Å². The molecule has 158 valence electrons. The summed E-state index contributed by atoms with van der Waals surface area (Å²) in [5, 5.41) is 9.03. The quantitative estimate of drug-likeness (QED) is 0.833. The molecule has 1 aliphatic rings. The molecule has 2 aromatic rings. The van der Waals surface area contributed by atoms with Gasteiger partial charge in [0, 0.05) is 31.7 Å². The molecule has 1 fully saturated rings. The van der Waals surface area contributed by atoms with E-state index in [0.717, 1.165) is 11.1 Å². The molecule has 2 amide bonds. The van der Waals surface area contributed by atoms with Gasteiger partial charge in [0.15, 0.2) is 0 Å². The van der Waals surface area contributed by atoms with Crippen molar-refractivity contribution < 1.29 is 24.2 Å². The van der Waals surface area contributed by atoms with Crippen LogP contribution in [0.5, 0.6) is 0 Å². The molecule has 7 heteroatoms. The number of rotatable bonds is 3. The minimum Gasteiger partial charge on any atom is -0.478 e. The van der Waals surface area contributed by atoms with E-state index in [2.05, 4.69) is 0 Å². The first kappa shape index (κ1) is 21.4. The van der Waals surface area contributed by atoms with Gasteiger partial charge in [0.1, 0.15) is 5.60 Å². The van der Waals surface area contributed by atoms with Crippen LogP contribution in [0.2, 0.25) is 0 Å². The minimum atomic E-state index is -0.976. The number of hydrogen-bond donors (Lipinski definition) is 1. The summed E-state index contributed by atoms with van der Waals surface area (Å²) in [6.45, 7) is 7.21. The Bertz CT molecular complexity index is 939. The smallest absolute Gasteiger partial charge is 0.410 e. The van der Waals surface area contributed by atoms with Crippen molar-refractivity contribution in [1.29, 1.82) is 0 Å². The van der Waals surface area contributed by atoms with E-state index in [1.807, 2.05) is 32.9 Å². The average molecular weight is 410 g/mol. The van der Waals surface area contributed by atoms with Gasteiger partial charge in [-0.1, -0.05) is 24.3 Å². The minimum absolute atomic E-state index is 0.0946. The molecule has 0 radical (unpaired) electrons. The number of aromatic carboxylic acids is 1. The van der Waals surface area contributed by atoms with Crippen LogP contribution in [0, 0.1) is 0 Å². The first-order chi connectivity index (χ1) is 14.1. The SMILES string of the molecule is CC(C)(C)OC(=O)N1CCN(C(=O)c2cccc(-c3ccc(C(=O)O)cc3)c2)CC1. The predicted molar refractivity (Wildman–Crippen MR) is 113 cm³/mol. The number of ether oxygens (including phenoxy) is 1. The second-order valence-corrected chi connectivity index (χ2v) is 8.22. The topological polar surface area (TPSA) is 87.2 Å². The number of hydrogen-bond acceptors (Lipinski definition) is 4. The second kappa shape index (κ2) is 8.57. The normalized spacial score (nSPS) is 14.4. The van der Waals surface area contributed by atoms with E-state index < -0.39 is 11.6 Å². The summed E-state index contributed by atoms with van der Waals surface area (Å²) in [5.74, 6) is -1.07. The lowest BCUT2D eigenvalue weighted by atomic mass is 10.0. The van der Waals surface area contributed by atoms with Crippen molar-refractivity contribution >= 4 is 18.0 Å². The lowest BCUT2D eigenvalue weighted by Gasteiger charge is -2.35. The van der Waals surface area contributed by atoms with Gasteiger partial charge in [0.2, 0.25) is 0 Å². The number of benzene rings is 2. The number of carboxylic acids is 1. The summed E-state index contributed by atoms with van der Waals surface area (Å²) in [7, 11) is 0. The van der Waals surface area contributed by atoms with Gasteiger partial charge in [0.25, 0.3) is 5.91 Å². The Morgan fingerprint density at radius 2 is 1.43 bits per heavy atom. The Morgan fingerprint density at radius 1 is 0.833 bits per heavy atom. The second-order valence-electron chi connectivity index (χ2n) is 8.22. The molecular formula is C23H26N2O5. The zero-order chi connectivity index (χ0) is 21.9. The maximum Gasteiger partial charge on any atom is 0.410 e. The van der Waals surface area contributed by atoms with E-state index in [1.54, 1.807) is 46.2 Å². The largest absolute Gasteiger partial charge is 0.478 e. The summed E-state index contributed by atoms with van der Waals surface area (Å²) >= 11 is 0. The molecule has 0 aromatic heterocycles. The maximum atomic E-state index is 12.9.